The fraction of sp³-hybridized carbons (Fsp3) is 0.200. The molecule has 0 aliphatic carbocycles. The summed E-state index contributed by atoms with van der Waals surface area (Å²) in [5.74, 6) is -0.0429. The number of nitrogens with zero attached hydrogens (tertiary/aromatic N) is 5. The van der Waals surface area contributed by atoms with Crippen molar-refractivity contribution in [2.75, 3.05) is 5.32 Å². The molecule has 0 aliphatic rings. The molecular formula is C15H14Cl2N6O. The number of carbonyl (C=O) groups excluding carboxylic acids is 1. The lowest BCUT2D eigenvalue weighted by Gasteiger charge is -2.06. The SMILES string of the molecule is Cc1ccn(CC(=O)Nc2ncn(Cc3c(Cl)cccc3Cl)n2)n1. The molecule has 0 atom stereocenters. The van der Waals surface area contributed by atoms with Gasteiger partial charge in [-0.15, -0.1) is 5.10 Å². The van der Waals surface area contributed by atoms with Crippen molar-refractivity contribution in [1.82, 2.24) is 24.5 Å². The molecule has 3 rings (SSSR count). The van der Waals surface area contributed by atoms with Crippen molar-refractivity contribution >= 4 is 35.1 Å². The molecule has 0 aliphatic heterocycles. The number of hydrogen-bond donors (Lipinski definition) is 1. The number of rotatable bonds is 5. The van der Waals surface area contributed by atoms with Gasteiger partial charge in [-0.25, -0.2) is 9.67 Å². The normalized spacial score (nSPS) is 10.8. The maximum absolute atomic E-state index is 12.0. The molecule has 2 aromatic heterocycles. The molecule has 0 unspecified atom stereocenters. The minimum atomic E-state index is -0.258. The zero-order valence-electron chi connectivity index (χ0n) is 12.8. The molecule has 1 amide bonds. The van der Waals surface area contributed by atoms with E-state index in [-0.39, 0.29) is 18.4 Å². The quantitative estimate of drug-likeness (QED) is 0.754. The van der Waals surface area contributed by atoms with Crippen LogP contribution in [0, 0.1) is 6.92 Å². The van der Waals surface area contributed by atoms with E-state index in [1.54, 1.807) is 33.8 Å². The van der Waals surface area contributed by atoms with E-state index >= 15 is 0 Å². The molecule has 1 N–H and O–H groups in total. The highest BCUT2D eigenvalue weighted by molar-refractivity contribution is 6.35. The maximum atomic E-state index is 12.0. The molecule has 0 bridgehead atoms. The van der Waals surface area contributed by atoms with E-state index in [1.807, 2.05) is 13.0 Å². The summed E-state index contributed by atoms with van der Waals surface area (Å²) in [7, 11) is 0. The Labute approximate surface area is 148 Å². The highest BCUT2D eigenvalue weighted by atomic mass is 35.5. The van der Waals surface area contributed by atoms with E-state index in [0.717, 1.165) is 11.3 Å². The Bertz CT molecular complexity index is 852. The summed E-state index contributed by atoms with van der Waals surface area (Å²) in [6, 6.07) is 7.12. The lowest BCUT2D eigenvalue weighted by molar-refractivity contribution is -0.116. The number of aryl methyl sites for hydroxylation is 1. The largest absolute Gasteiger partial charge is 0.292 e. The molecule has 3 aromatic rings. The predicted molar refractivity (Wildman–Crippen MR) is 91.2 cm³/mol. The van der Waals surface area contributed by atoms with Crippen LogP contribution < -0.4 is 5.32 Å². The van der Waals surface area contributed by atoms with E-state index < -0.39 is 0 Å². The van der Waals surface area contributed by atoms with Gasteiger partial charge in [0.25, 0.3) is 0 Å². The van der Waals surface area contributed by atoms with Crippen molar-refractivity contribution in [1.29, 1.82) is 0 Å². The Balaban J connectivity index is 1.64. The van der Waals surface area contributed by atoms with Crippen LogP contribution in [0.1, 0.15) is 11.3 Å². The Hall–Kier alpha value is -2.38. The first kappa shape index (κ1) is 16.5. The minimum Gasteiger partial charge on any atom is -0.292 e. The number of nitrogens with one attached hydrogen (secondary N) is 1. The first-order valence-electron chi connectivity index (χ1n) is 7.13. The van der Waals surface area contributed by atoms with Crippen molar-refractivity contribution in [2.45, 2.75) is 20.0 Å². The van der Waals surface area contributed by atoms with Crippen LogP contribution in [-0.4, -0.2) is 30.5 Å². The average molecular weight is 365 g/mol. The van der Waals surface area contributed by atoms with E-state index in [1.165, 1.54) is 6.33 Å². The summed E-state index contributed by atoms with van der Waals surface area (Å²) in [4.78, 5) is 16.0. The van der Waals surface area contributed by atoms with E-state index in [4.69, 9.17) is 23.2 Å². The third-order valence-electron chi connectivity index (χ3n) is 3.25. The fourth-order valence-corrected chi connectivity index (χ4v) is 2.65. The fourth-order valence-electron chi connectivity index (χ4n) is 2.14. The smallest absolute Gasteiger partial charge is 0.248 e. The van der Waals surface area contributed by atoms with Gasteiger partial charge in [0.05, 0.1) is 12.2 Å². The van der Waals surface area contributed by atoms with E-state index in [2.05, 4.69) is 20.5 Å². The molecule has 0 fully saturated rings. The van der Waals surface area contributed by atoms with Gasteiger partial charge in [0.1, 0.15) is 12.9 Å². The van der Waals surface area contributed by atoms with Gasteiger partial charge in [0, 0.05) is 21.8 Å². The molecule has 124 valence electrons. The number of carbonyl (C=O) groups is 1. The minimum absolute atomic E-state index is 0.0960. The number of benzene rings is 1. The molecule has 2 heterocycles. The summed E-state index contributed by atoms with van der Waals surface area (Å²) >= 11 is 12.3. The van der Waals surface area contributed by atoms with Crippen LogP contribution >= 0.6 is 23.2 Å². The number of aromatic nitrogens is 5. The van der Waals surface area contributed by atoms with Gasteiger partial charge in [-0.2, -0.15) is 5.10 Å². The molecule has 0 radical (unpaired) electrons. The highest BCUT2D eigenvalue weighted by Gasteiger charge is 2.10. The van der Waals surface area contributed by atoms with Gasteiger partial charge in [-0.05, 0) is 25.1 Å². The van der Waals surface area contributed by atoms with Crippen LogP contribution in [0.15, 0.2) is 36.8 Å². The van der Waals surface area contributed by atoms with Crippen LogP contribution in [0.4, 0.5) is 5.95 Å². The van der Waals surface area contributed by atoms with Gasteiger partial charge in [-0.1, -0.05) is 29.3 Å². The number of amides is 1. The standard InChI is InChI=1S/C15H14Cl2N6O/c1-10-5-6-22(20-10)8-14(24)19-15-18-9-23(21-15)7-11-12(16)3-2-4-13(11)17/h2-6,9H,7-8H2,1H3,(H,19,21,24). The van der Waals surface area contributed by atoms with Gasteiger partial charge in [0.2, 0.25) is 11.9 Å². The molecule has 0 saturated carbocycles. The van der Waals surface area contributed by atoms with Crippen molar-refractivity contribution in [3.8, 4) is 0 Å². The van der Waals surface area contributed by atoms with Crippen LogP contribution in [-0.2, 0) is 17.9 Å². The molecule has 7 nitrogen and oxygen atoms in total. The van der Waals surface area contributed by atoms with Crippen LogP contribution in [0.3, 0.4) is 0 Å². The molecule has 0 saturated heterocycles. The zero-order valence-corrected chi connectivity index (χ0v) is 14.3. The average Bonchev–Trinajstić information content (AvgIpc) is 3.12. The van der Waals surface area contributed by atoms with Crippen molar-refractivity contribution in [2.24, 2.45) is 0 Å². The van der Waals surface area contributed by atoms with Crippen molar-refractivity contribution in [3.05, 3.63) is 58.1 Å². The lowest BCUT2D eigenvalue weighted by Crippen LogP contribution is -2.20. The summed E-state index contributed by atoms with van der Waals surface area (Å²) in [6.07, 6.45) is 3.24. The predicted octanol–water partition coefficient (Wildman–Crippen LogP) is 2.78. The third-order valence-corrected chi connectivity index (χ3v) is 3.96. The third kappa shape index (κ3) is 3.93. The molecule has 9 heteroatoms. The summed E-state index contributed by atoms with van der Waals surface area (Å²) in [6.45, 7) is 2.32. The Morgan fingerprint density at radius 1 is 1.17 bits per heavy atom. The van der Waals surface area contributed by atoms with Crippen molar-refractivity contribution in [3.63, 3.8) is 0 Å². The van der Waals surface area contributed by atoms with Gasteiger partial charge in [-0.3, -0.25) is 14.8 Å². The number of hydrogen-bond acceptors (Lipinski definition) is 4. The van der Waals surface area contributed by atoms with Crippen LogP contribution in [0.25, 0.3) is 0 Å². The molecule has 24 heavy (non-hydrogen) atoms. The Morgan fingerprint density at radius 2 is 1.92 bits per heavy atom. The Morgan fingerprint density at radius 3 is 2.58 bits per heavy atom. The van der Waals surface area contributed by atoms with Gasteiger partial charge < -0.3 is 0 Å². The zero-order chi connectivity index (χ0) is 17.1. The van der Waals surface area contributed by atoms with Crippen molar-refractivity contribution < 1.29 is 4.79 Å². The highest BCUT2D eigenvalue weighted by Crippen LogP contribution is 2.24. The van der Waals surface area contributed by atoms with Gasteiger partial charge >= 0.3 is 0 Å². The maximum Gasteiger partial charge on any atom is 0.248 e. The summed E-state index contributed by atoms with van der Waals surface area (Å²) < 4.78 is 3.10. The summed E-state index contributed by atoms with van der Waals surface area (Å²) in [5.41, 5.74) is 1.59. The Kier molecular flexibility index (Phi) is 4.82. The second-order valence-electron chi connectivity index (χ2n) is 5.17. The van der Waals surface area contributed by atoms with Crippen LogP contribution in [0.5, 0.6) is 0 Å². The molecular weight excluding hydrogens is 351 g/mol. The topological polar surface area (TPSA) is 77.6 Å². The lowest BCUT2D eigenvalue weighted by atomic mass is 10.2. The van der Waals surface area contributed by atoms with E-state index in [9.17, 15) is 4.79 Å². The second kappa shape index (κ2) is 7.02. The van der Waals surface area contributed by atoms with Crippen LogP contribution in [0.2, 0.25) is 10.0 Å². The molecule has 1 aromatic carbocycles. The number of halogens is 2. The number of anilines is 1. The van der Waals surface area contributed by atoms with E-state index in [0.29, 0.717) is 16.6 Å². The van der Waals surface area contributed by atoms with Gasteiger partial charge in [0.15, 0.2) is 0 Å². The monoisotopic (exact) mass is 364 g/mol. The molecule has 0 spiro atoms. The first-order valence-corrected chi connectivity index (χ1v) is 7.89. The second-order valence-corrected chi connectivity index (χ2v) is 5.98. The first-order chi connectivity index (χ1) is 11.5. The summed E-state index contributed by atoms with van der Waals surface area (Å²) in [5, 5.41) is 12.1.